The largest absolute Gasteiger partial charge is 0.472 e. The van der Waals surface area contributed by atoms with Crippen LogP contribution in [-0.4, -0.2) is 5.38 Å². The highest BCUT2D eigenvalue weighted by molar-refractivity contribution is 6.21. The minimum Gasteiger partial charge on any atom is -0.472 e. The number of rotatable bonds is 1. The van der Waals surface area contributed by atoms with Crippen molar-refractivity contribution in [2.45, 2.75) is 37.0 Å². The number of hydrogen-bond donors (Lipinski definition) is 0. The summed E-state index contributed by atoms with van der Waals surface area (Å²) in [5.74, 6) is 0.527. The number of halogens is 1. The van der Waals surface area contributed by atoms with E-state index in [-0.39, 0.29) is 0 Å². The molecule has 1 aromatic heterocycles. The van der Waals surface area contributed by atoms with Crippen molar-refractivity contribution in [1.82, 2.24) is 0 Å². The first-order valence-corrected chi connectivity index (χ1v) is 4.98. The molecule has 2 atom stereocenters. The normalized spacial score (nSPS) is 30.4. The van der Waals surface area contributed by atoms with Crippen LogP contribution in [0.4, 0.5) is 0 Å². The van der Waals surface area contributed by atoms with Crippen LogP contribution in [0.1, 0.15) is 37.2 Å². The third-order valence-electron chi connectivity index (χ3n) is 2.65. The molecule has 66 valence electrons. The second kappa shape index (κ2) is 3.53. The van der Waals surface area contributed by atoms with Crippen molar-refractivity contribution in [1.29, 1.82) is 0 Å². The zero-order chi connectivity index (χ0) is 8.39. The van der Waals surface area contributed by atoms with E-state index in [1.54, 1.807) is 6.26 Å². The lowest BCUT2D eigenvalue weighted by atomic mass is 9.85. The van der Waals surface area contributed by atoms with Gasteiger partial charge in [-0.3, -0.25) is 0 Å². The van der Waals surface area contributed by atoms with Gasteiger partial charge in [-0.15, -0.1) is 11.6 Å². The molecule has 2 unspecified atom stereocenters. The molecule has 1 aliphatic rings. The van der Waals surface area contributed by atoms with Gasteiger partial charge in [-0.05, 0) is 24.5 Å². The molecule has 0 saturated heterocycles. The average Bonchev–Trinajstić information content (AvgIpc) is 2.57. The summed E-state index contributed by atoms with van der Waals surface area (Å²) in [5, 5.41) is 0.316. The van der Waals surface area contributed by atoms with Crippen molar-refractivity contribution in [2.24, 2.45) is 0 Å². The second-order valence-corrected chi connectivity index (χ2v) is 4.02. The minimum absolute atomic E-state index is 0.316. The summed E-state index contributed by atoms with van der Waals surface area (Å²) in [6.07, 6.45) is 8.51. The predicted octanol–water partition coefficient (Wildman–Crippen LogP) is 3.54. The Morgan fingerprint density at radius 2 is 2.17 bits per heavy atom. The summed E-state index contributed by atoms with van der Waals surface area (Å²) in [6.45, 7) is 0. The maximum absolute atomic E-state index is 6.23. The van der Waals surface area contributed by atoms with E-state index in [4.69, 9.17) is 16.0 Å². The molecular formula is C10H13ClO. The van der Waals surface area contributed by atoms with Gasteiger partial charge in [0.2, 0.25) is 0 Å². The van der Waals surface area contributed by atoms with Crippen molar-refractivity contribution >= 4 is 11.6 Å². The van der Waals surface area contributed by atoms with E-state index in [9.17, 15) is 0 Å². The van der Waals surface area contributed by atoms with E-state index in [0.29, 0.717) is 11.3 Å². The Morgan fingerprint density at radius 3 is 2.83 bits per heavy atom. The van der Waals surface area contributed by atoms with Crippen LogP contribution in [0.25, 0.3) is 0 Å². The van der Waals surface area contributed by atoms with Gasteiger partial charge in [-0.1, -0.05) is 12.8 Å². The first-order chi connectivity index (χ1) is 5.88. The third-order valence-corrected chi connectivity index (χ3v) is 3.18. The highest BCUT2D eigenvalue weighted by Crippen LogP contribution is 2.36. The Labute approximate surface area is 77.7 Å². The number of hydrogen-bond acceptors (Lipinski definition) is 1. The monoisotopic (exact) mass is 184 g/mol. The molecule has 1 heterocycles. The zero-order valence-electron chi connectivity index (χ0n) is 7.00. The van der Waals surface area contributed by atoms with Gasteiger partial charge >= 0.3 is 0 Å². The minimum atomic E-state index is 0.316. The molecule has 1 fully saturated rings. The van der Waals surface area contributed by atoms with Gasteiger partial charge in [0, 0.05) is 11.3 Å². The van der Waals surface area contributed by atoms with E-state index < -0.39 is 0 Å². The van der Waals surface area contributed by atoms with Crippen molar-refractivity contribution in [3.63, 3.8) is 0 Å². The van der Waals surface area contributed by atoms with Gasteiger partial charge in [0.1, 0.15) is 0 Å². The van der Waals surface area contributed by atoms with Crippen LogP contribution >= 0.6 is 11.6 Å². The van der Waals surface area contributed by atoms with Crippen LogP contribution in [0.3, 0.4) is 0 Å². The Morgan fingerprint density at radius 1 is 1.33 bits per heavy atom. The van der Waals surface area contributed by atoms with Crippen LogP contribution in [-0.2, 0) is 0 Å². The van der Waals surface area contributed by atoms with Crippen LogP contribution in [0.2, 0.25) is 0 Å². The number of alkyl halides is 1. The van der Waals surface area contributed by atoms with Crippen LogP contribution < -0.4 is 0 Å². The van der Waals surface area contributed by atoms with Crippen LogP contribution in [0, 0.1) is 0 Å². The summed E-state index contributed by atoms with van der Waals surface area (Å²) < 4.78 is 5.06. The molecule has 0 amide bonds. The predicted molar refractivity (Wildman–Crippen MR) is 49.6 cm³/mol. The second-order valence-electron chi connectivity index (χ2n) is 3.46. The standard InChI is InChI=1S/C10H13ClO/c11-10-4-2-1-3-9(10)8-5-6-12-7-8/h5-7,9-10H,1-4H2. The molecule has 1 aliphatic carbocycles. The van der Waals surface area contributed by atoms with Gasteiger partial charge in [-0.2, -0.15) is 0 Å². The fourth-order valence-electron chi connectivity index (χ4n) is 1.95. The Balaban J connectivity index is 2.11. The molecular weight excluding hydrogens is 172 g/mol. The fourth-order valence-corrected chi connectivity index (χ4v) is 2.37. The quantitative estimate of drug-likeness (QED) is 0.609. The molecule has 1 saturated carbocycles. The third kappa shape index (κ3) is 1.51. The lowest BCUT2D eigenvalue weighted by molar-refractivity contribution is 0.446. The molecule has 1 nitrogen and oxygen atoms in total. The van der Waals surface area contributed by atoms with E-state index in [1.165, 1.54) is 24.8 Å². The SMILES string of the molecule is ClC1CCCCC1c1ccoc1. The Bertz CT molecular complexity index is 230. The molecule has 0 aliphatic heterocycles. The lowest BCUT2D eigenvalue weighted by Crippen LogP contribution is -2.16. The topological polar surface area (TPSA) is 13.1 Å². The Kier molecular flexibility index (Phi) is 2.40. The first-order valence-electron chi connectivity index (χ1n) is 4.54. The van der Waals surface area contributed by atoms with Gasteiger partial charge < -0.3 is 4.42 Å². The fraction of sp³-hybridized carbons (Fsp3) is 0.600. The van der Waals surface area contributed by atoms with Gasteiger partial charge in [0.25, 0.3) is 0 Å². The van der Waals surface area contributed by atoms with Crippen molar-refractivity contribution in [3.05, 3.63) is 24.2 Å². The maximum Gasteiger partial charge on any atom is 0.0937 e. The lowest BCUT2D eigenvalue weighted by Gasteiger charge is -2.25. The van der Waals surface area contributed by atoms with Crippen molar-refractivity contribution in [3.8, 4) is 0 Å². The summed E-state index contributed by atoms with van der Waals surface area (Å²) in [5.41, 5.74) is 1.27. The molecule has 0 radical (unpaired) electrons. The molecule has 12 heavy (non-hydrogen) atoms. The summed E-state index contributed by atoms with van der Waals surface area (Å²) in [6, 6.07) is 2.03. The average molecular weight is 185 g/mol. The molecule has 0 aromatic carbocycles. The zero-order valence-corrected chi connectivity index (χ0v) is 7.76. The van der Waals surface area contributed by atoms with Crippen molar-refractivity contribution < 1.29 is 4.42 Å². The summed E-state index contributed by atoms with van der Waals surface area (Å²) in [4.78, 5) is 0. The molecule has 2 heteroatoms. The molecule has 0 N–H and O–H groups in total. The highest BCUT2D eigenvalue weighted by Gasteiger charge is 2.24. The molecule has 0 bridgehead atoms. The van der Waals surface area contributed by atoms with E-state index in [0.717, 1.165) is 6.42 Å². The summed E-state index contributed by atoms with van der Waals surface area (Å²) in [7, 11) is 0. The van der Waals surface area contributed by atoms with Crippen LogP contribution in [0.5, 0.6) is 0 Å². The molecule has 2 rings (SSSR count). The van der Waals surface area contributed by atoms with E-state index in [2.05, 4.69) is 0 Å². The highest BCUT2D eigenvalue weighted by atomic mass is 35.5. The van der Waals surface area contributed by atoms with Gasteiger partial charge in [-0.25, -0.2) is 0 Å². The van der Waals surface area contributed by atoms with Crippen LogP contribution in [0.15, 0.2) is 23.0 Å². The van der Waals surface area contributed by atoms with Gasteiger partial charge in [0.05, 0.1) is 12.5 Å². The van der Waals surface area contributed by atoms with Crippen molar-refractivity contribution in [2.75, 3.05) is 0 Å². The maximum atomic E-state index is 6.23. The molecule has 1 aromatic rings. The van der Waals surface area contributed by atoms with E-state index >= 15 is 0 Å². The summed E-state index contributed by atoms with van der Waals surface area (Å²) >= 11 is 6.23. The van der Waals surface area contributed by atoms with E-state index in [1.807, 2.05) is 12.3 Å². The number of furan rings is 1. The Hall–Kier alpha value is -0.430. The first kappa shape index (κ1) is 8.18. The smallest absolute Gasteiger partial charge is 0.0937 e. The molecule has 0 spiro atoms. The van der Waals surface area contributed by atoms with Gasteiger partial charge in [0.15, 0.2) is 0 Å².